The maximum Gasteiger partial charge on any atom is 0.325 e. The van der Waals surface area contributed by atoms with Gasteiger partial charge in [-0.1, -0.05) is 51.5 Å². The number of carbonyl (C=O) groups is 3. The molecule has 0 fully saturated rings. The van der Waals surface area contributed by atoms with Crippen molar-refractivity contribution in [2.24, 2.45) is 0 Å². The minimum atomic E-state index is -3.62. The Labute approximate surface area is 201 Å². The summed E-state index contributed by atoms with van der Waals surface area (Å²) in [6.07, 6.45) is 3.13. The Kier molecular flexibility index (Phi) is 10.4. The summed E-state index contributed by atoms with van der Waals surface area (Å²) >= 11 is 0. The van der Waals surface area contributed by atoms with Gasteiger partial charge in [0.1, 0.15) is 6.54 Å². The lowest BCUT2D eigenvalue weighted by Gasteiger charge is -2.18. The highest BCUT2D eigenvalue weighted by Crippen LogP contribution is 2.16. The molecule has 8 nitrogen and oxygen atoms in total. The summed E-state index contributed by atoms with van der Waals surface area (Å²) in [6.45, 7) is 5.47. The molecular weight excluding hydrogens is 456 g/mol. The second-order valence-corrected chi connectivity index (χ2v) is 9.62. The molecular formula is C25H32N2O6S. The van der Waals surface area contributed by atoms with Crippen LogP contribution in [0.25, 0.3) is 0 Å². The van der Waals surface area contributed by atoms with Crippen molar-refractivity contribution in [3.8, 4) is 0 Å². The Hall–Kier alpha value is -3.04. The third kappa shape index (κ3) is 7.50. The van der Waals surface area contributed by atoms with E-state index in [-0.39, 0.29) is 16.2 Å². The molecule has 1 N–H and O–H groups in total. The number of unbranched alkanes of at least 4 members (excludes halogenated alkanes) is 1. The Morgan fingerprint density at radius 2 is 1.47 bits per heavy atom. The van der Waals surface area contributed by atoms with Gasteiger partial charge in [-0.3, -0.25) is 14.4 Å². The van der Waals surface area contributed by atoms with Gasteiger partial charge in [0.25, 0.3) is 5.91 Å². The van der Waals surface area contributed by atoms with Gasteiger partial charge < -0.3 is 10.1 Å². The van der Waals surface area contributed by atoms with E-state index in [0.717, 1.165) is 24.8 Å². The summed E-state index contributed by atoms with van der Waals surface area (Å²) in [4.78, 5) is 36.5. The molecule has 0 aliphatic carbocycles. The zero-order valence-electron chi connectivity index (χ0n) is 19.9. The standard InChI is InChI=1S/C25H32N2O6S/c1-4-7-8-19-9-11-20(12-10-19)23(28)18-33-24(29)17-26-25(30)21-13-15-22(16-14-21)34(31,32)27(5-2)6-3/h9-16H,4-8,17-18H2,1-3H3,(H,26,30). The zero-order valence-corrected chi connectivity index (χ0v) is 20.7. The normalized spacial score (nSPS) is 11.3. The maximum atomic E-state index is 12.5. The number of hydrogen-bond acceptors (Lipinski definition) is 6. The number of benzene rings is 2. The van der Waals surface area contributed by atoms with Gasteiger partial charge in [0.2, 0.25) is 10.0 Å². The number of aryl methyl sites for hydroxylation is 1. The van der Waals surface area contributed by atoms with Crippen LogP contribution in [0.1, 0.15) is 59.9 Å². The lowest BCUT2D eigenvalue weighted by molar-refractivity contribution is -0.141. The number of carbonyl (C=O) groups excluding carboxylic acids is 3. The van der Waals surface area contributed by atoms with E-state index in [1.807, 2.05) is 12.1 Å². The predicted molar refractivity (Wildman–Crippen MR) is 129 cm³/mol. The van der Waals surface area contributed by atoms with Crippen LogP contribution in [0.5, 0.6) is 0 Å². The topological polar surface area (TPSA) is 110 Å². The molecule has 0 unspecified atom stereocenters. The smallest absolute Gasteiger partial charge is 0.325 e. The summed E-state index contributed by atoms with van der Waals surface area (Å²) in [5, 5.41) is 2.41. The first-order valence-electron chi connectivity index (χ1n) is 11.4. The lowest BCUT2D eigenvalue weighted by atomic mass is 10.0. The van der Waals surface area contributed by atoms with Crippen molar-refractivity contribution in [2.75, 3.05) is 26.2 Å². The summed E-state index contributed by atoms with van der Waals surface area (Å²) in [7, 11) is -3.62. The number of ketones is 1. The van der Waals surface area contributed by atoms with Gasteiger partial charge in [0, 0.05) is 24.2 Å². The van der Waals surface area contributed by atoms with E-state index in [2.05, 4.69) is 12.2 Å². The first-order valence-corrected chi connectivity index (χ1v) is 12.8. The highest BCUT2D eigenvalue weighted by molar-refractivity contribution is 7.89. The number of amides is 1. The Morgan fingerprint density at radius 1 is 0.882 bits per heavy atom. The van der Waals surface area contributed by atoms with Gasteiger partial charge in [-0.2, -0.15) is 4.31 Å². The molecule has 0 atom stereocenters. The number of nitrogens with zero attached hydrogens (tertiary/aromatic N) is 1. The highest BCUT2D eigenvalue weighted by atomic mass is 32.2. The number of nitrogens with one attached hydrogen (secondary N) is 1. The van der Waals surface area contributed by atoms with E-state index < -0.39 is 35.1 Å². The molecule has 34 heavy (non-hydrogen) atoms. The maximum absolute atomic E-state index is 12.5. The minimum Gasteiger partial charge on any atom is -0.456 e. The van der Waals surface area contributed by atoms with Gasteiger partial charge in [-0.15, -0.1) is 0 Å². The van der Waals surface area contributed by atoms with Crippen LogP contribution >= 0.6 is 0 Å². The van der Waals surface area contributed by atoms with Gasteiger partial charge in [0.05, 0.1) is 4.90 Å². The van der Waals surface area contributed by atoms with E-state index in [0.29, 0.717) is 18.7 Å². The van der Waals surface area contributed by atoms with Crippen molar-refractivity contribution >= 4 is 27.7 Å². The third-order valence-electron chi connectivity index (χ3n) is 5.31. The largest absolute Gasteiger partial charge is 0.456 e. The van der Waals surface area contributed by atoms with Gasteiger partial charge in [-0.05, 0) is 42.7 Å². The fourth-order valence-electron chi connectivity index (χ4n) is 3.26. The molecule has 0 aliphatic heterocycles. The zero-order chi connectivity index (χ0) is 25.1. The van der Waals surface area contributed by atoms with Crippen LogP contribution in [0.4, 0.5) is 0 Å². The Bertz CT molecular complexity index is 1080. The summed E-state index contributed by atoms with van der Waals surface area (Å²) in [5.74, 6) is -1.63. The minimum absolute atomic E-state index is 0.0871. The Morgan fingerprint density at radius 3 is 2.03 bits per heavy atom. The van der Waals surface area contributed by atoms with Crippen molar-refractivity contribution in [3.63, 3.8) is 0 Å². The number of esters is 1. The molecule has 9 heteroatoms. The Balaban J connectivity index is 1.83. The molecule has 0 heterocycles. The van der Waals surface area contributed by atoms with Crippen LogP contribution in [0.3, 0.4) is 0 Å². The molecule has 1 amide bonds. The molecule has 2 aromatic rings. The van der Waals surface area contributed by atoms with E-state index in [9.17, 15) is 22.8 Å². The summed E-state index contributed by atoms with van der Waals surface area (Å²) in [6, 6.07) is 12.7. The number of ether oxygens (including phenoxy) is 1. The van der Waals surface area contributed by atoms with Gasteiger partial charge in [-0.25, -0.2) is 8.42 Å². The first kappa shape index (κ1) is 27.2. The van der Waals surface area contributed by atoms with Gasteiger partial charge >= 0.3 is 5.97 Å². The van der Waals surface area contributed by atoms with E-state index >= 15 is 0 Å². The van der Waals surface area contributed by atoms with Crippen LogP contribution in [0.2, 0.25) is 0 Å². The van der Waals surface area contributed by atoms with E-state index in [1.54, 1.807) is 26.0 Å². The summed E-state index contributed by atoms with van der Waals surface area (Å²) < 4.78 is 31.3. The average molecular weight is 489 g/mol. The van der Waals surface area contributed by atoms with E-state index in [4.69, 9.17) is 4.74 Å². The fraction of sp³-hybridized carbons (Fsp3) is 0.400. The highest BCUT2D eigenvalue weighted by Gasteiger charge is 2.21. The van der Waals surface area contributed by atoms with E-state index in [1.165, 1.54) is 28.6 Å². The summed E-state index contributed by atoms with van der Waals surface area (Å²) in [5.41, 5.74) is 1.80. The van der Waals surface area contributed by atoms with Crippen LogP contribution in [-0.4, -0.2) is 56.6 Å². The number of hydrogen-bond donors (Lipinski definition) is 1. The van der Waals surface area contributed by atoms with Crippen LogP contribution in [0.15, 0.2) is 53.4 Å². The first-order chi connectivity index (χ1) is 16.2. The van der Waals surface area contributed by atoms with Crippen molar-refractivity contribution in [2.45, 2.75) is 44.9 Å². The third-order valence-corrected chi connectivity index (χ3v) is 7.38. The average Bonchev–Trinajstić information content (AvgIpc) is 2.85. The molecule has 0 saturated heterocycles. The fourth-order valence-corrected chi connectivity index (χ4v) is 4.72. The molecule has 0 aliphatic rings. The molecule has 0 spiro atoms. The van der Waals surface area contributed by atoms with Gasteiger partial charge in [0.15, 0.2) is 12.4 Å². The van der Waals surface area contributed by atoms with Crippen LogP contribution in [-0.2, 0) is 26.0 Å². The number of rotatable bonds is 13. The monoisotopic (exact) mass is 488 g/mol. The predicted octanol–water partition coefficient (Wildman–Crippen LogP) is 3.22. The second kappa shape index (κ2) is 13.0. The molecule has 2 rings (SSSR count). The quantitative estimate of drug-likeness (QED) is 0.342. The SMILES string of the molecule is CCCCc1ccc(C(=O)COC(=O)CNC(=O)c2ccc(S(=O)(=O)N(CC)CC)cc2)cc1. The molecule has 184 valence electrons. The second-order valence-electron chi connectivity index (χ2n) is 7.68. The van der Waals surface area contributed by atoms with Crippen molar-refractivity contribution in [1.29, 1.82) is 0 Å². The molecule has 2 aromatic carbocycles. The molecule has 0 saturated carbocycles. The van der Waals surface area contributed by atoms with Crippen molar-refractivity contribution in [1.82, 2.24) is 9.62 Å². The van der Waals surface area contributed by atoms with Crippen molar-refractivity contribution in [3.05, 3.63) is 65.2 Å². The van der Waals surface area contributed by atoms with Crippen molar-refractivity contribution < 1.29 is 27.5 Å². The molecule has 0 radical (unpaired) electrons. The number of sulfonamides is 1. The van der Waals surface area contributed by atoms with Crippen LogP contribution in [0, 0.1) is 0 Å². The molecule has 0 aromatic heterocycles. The van der Waals surface area contributed by atoms with Crippen LogP contribution < -0.4 is 5.32 Å². The molecule has 0 bridgehead atoms. The lowest BCUT2D eigenvalue weighted by Crippen LogP contribution is -2.32. The number of Topliss-reactive ketones (excluding diaryl/α,β-unsaturated/α-hetero) is 1.